The number of carbonyl (C=O) groups is 1. The van der Waals surface area contributed by atoms with Gasteiger partial charge in [-0.05, 0) is 24.0 Å². The Morgan fingerprint density at radius 3 is 2.75 bits per heavy atom. The third-order valence-corrected chi connectivity index (χ3v) is 3.41. The van der Waals surface area contributed by atoms with Crippen molar-refractivity contribution in [2.45, 2.75) is 45.4 Å². The van der Waals surface area contributed by atoms with Crippen molar-refractivity contribution in [3.8, 4) is 0 Å². The Morgan fingerprint density at radius 1 is 1.44 bits per heavy atom. The summed E-state index contributed by atoms with van der Waals surface area (Å²) in [5.41, 5.74) is 2.15. The van der Waals surface area contributed by atoms with E-state index in [1.54, 1.807) is 0 Å². The van der Waals surface area contributed by atoms with Gasteiger partial charge in [0, 0.05) is 24.7 Å². The molecule has 0 N–H and O–H groups in total. The second kappa shape index (κ2) is 5.24. The quantitative estimate of drug-likeness (QED) is 0.759. The van der Waals surface area contributed by atoms with Crippen molar-refractivity contribution in [1.82, 2.24) is 4.98 Å². The molecule has 1 saturated carbocycles. The average molecular weight is 217 g/mol. The van der Waals surface area contributed by atoms with Crippen LogP contribution in [0.5, 0.6) is 0 Å². The molecule has 0 aromatic carbocycles. The SMILES string of the molecule is CCc1ccc(CC(=O)CC2CCC2)nc1. The van der Waals surface area contributed by atoms with Crippen LogP contribution in [0.4, 0.5) is 0 Å². The molecule has 0 atom stereocenters. The van der Waals surface area contributed by atoms with E-state index in [4.69, 9.17) is 0 Å². The molecule has 1 heterocycles. The van der Waals surface area contributed by atoms with Crippen LogP contribution in [0.25, 0.3) is 0 Å². The van der Waals surface area contributed by atoms with Crippen LogP contribution in [-0.4, -0.2) is 10.8 Å². The third-order valence-electron chi connectivity index (χ3n) is 3.41. The van der Waals surface area contributed by atoms with E-state index in [-0.39, 0.29) is 0 Å². The Kier molecular flexibility index (Phi) is 3.70. The molecule has 1 aromatic heterocycles. The summed E-state index contributed by atoms with van der Waals surface area (Å²) in [6.07, 6.45) is 7.95. The molecule has 0 unspecified atom stereocenters. The first-order chi connectivity index (χ1) is 7.78. The van der Waals surface area contributed by atoms with Gasteiger partial charge in [-0.15, -0.1) is 0 Å². The van der Waals surface area contributed by atoms with Crippen LogP contribution in [-0.2, 0) is 17.6 Å². The number of nitrogens with zero attached hydrogens (tertiary/aromatic N) is 1. The zero-order valence-corrected chi connectivity index (χ0v) is 9.91. The minimum Gasteiger partial charge on any atom is -0.299 e. The minimum atomic E-state index is 0.349. The number of hydrogen-bond acceptors (Lipinski definition) is 2. The number of Topliss-reactive ketones (excluding diaryl/α,β-unsaturated/α-hetero) is 1. The second-order valence-electron chi connectivity index (χ2n) is 4.73. The van der Waals surface area contributed by atoms with Gasteiger partial charge < -0.3 is 0 Å². The number of ketones is 1. The number of pyridine rings is 1. The lowest BCUT2D eigenvalue weighted by Gasteiger charge is -2.24. The highest BCUT2D eigenvalue weighted by atomic mass is 16.1. The molecule has 1 aromatic rings. The van der Waals surface area contributed by atoms with Gasteiger partial charge >= 0.3 is 0 Å². The highest BCUT2D eigenvalue weighted by Crippen LogP contribution is 2.29. The van der Waals surface area contributed by atoms with Crippen LogP contribution in [0.2, 0.25) is 0 Å². The van der Waals surface area contributed by atoms with Gasteiger partial charge in [-0.25, -0.2) is 0 Å². The largest absolute Gasteiger partial charge is 0.299 e. The van der Waals surface area contributed by atoms with Gasteiger partial charge in [-0.2, -0.15) is 0 Å². The molecule has 0 spiro atoms. The smallest absolute Gasteiger partial charge is 0.139 e. The summed E-state index contributed by atoms with van der Waals surface area (Å²) < 4.78 is 0. The molecule has 86 valence electrons. The van der Waals surface area contributed by atoms with Crippen LogP contribution in [0.1, 0.15) is 43.9 Å². The van der Waals surface area contributed by atoms with E-state index in [2.05, 4.69) is 18.0 Å². The summed E-state index contributed by atoms with van der Waals surface area (Å²) >= 11 is 0. The highest BCUT2D eigenvalue weighted by molar-refractivity contribution is 5.80. The van der Waals surface area contributed by atoms with E-state index >= 15 is 0 Å². The molecule has 0 saturated heterocycles. The topological polar surface area (TPSA) is 30.0 Å². The van der Waals surface area contributed by atoms with Gasteiger partial charge in [-0.1, -0.05) is 32.3 Å². The average Bonchev–Trinajstić information content (AvgIpc) is 2.25. The van der Waals surface area contributed by atoms with Crippen molar-refractivity contribution in [2.24, 2.45) is 5.92 Å². The Balaban J connectivity index is 1.84. The first-order valence-electron chi connectivity index (χ1n) is 6.23. The lowest BCUT2D eigenvalue weighted by atomic mass is 9.81. The minimum absolute atomic E-state index is 0.349. The van der Waals surface area contributed by atoms with Crippen LogP contribution >= 0.6 is 0 Å². The summed E-state index contributed by atoms with van der Waals surface area (Å²) in [5, 5.41) is 0. The predicted octanol–water partition coefficient (Wildman–Crippen LogP) is 2.95. The van der Waals surface area contributed by atoms with Crippen molar-refractivity contribution in [1.29, 1.82) is 0 Å². The van der Waals surface area contributed by atoms with Crippen molar-refractivity contribution in [3.05, 3.63) is 29.6 Å². The molecule has 2 nitrogen and oxygen atoms in total. The highest BCUT2D eigenvalue weighted by Gasteiger charge is 2.20. The molecule has 1 fully saturated rings. The fourth-order valence-corrected chi connectivity index (χ4v) is 2.06. The van der Waals surface area contributed by atoms with Crippen molar-refractivity contribution in [2.75, 3.05) is 0 Å². The fraction of sp³-hybridized carbons (Fsp3) is 0.571. The molecular weight excluding hydrogens is 198 g/mol. The Bertz CT molecular complexity index is 352. The van der Waals surface area contributed by atoms with E-state index in [1.165, 1.54) is 24.8 Å². The van der Waals surface area contributed by atoms with Crippen LogP contribution in [0, 0.1) is 5.92 Å². The summed E-state index contributed by atoms with van der Waals surface area (Å²) in [4.78, 5) is 16.0. The van der Waals surface area contributed by atoms with Crippen LogP contribution < -0.4 is 0 Å². The van der Waals surface area contributed by atoms with Crippen LogP contribution in [0.15, 0.2) is 18.3 Å². The molecule has 16 heavy (non-hydrogen) atoms. The first-order valence-corrected chi connectivity index (χ1v) is 6.23. The normalized spacial score (nSPS) is 15.8. The van der Waals surface area contributed by atoms with E-state index in [9.17, 15) is 4.79 Å². The molecule has 1 aliphatic carbocycles. The van der Waals surface area contributed by atoms with Gasteiger partial charge in [0.25, 0.3) is 0 Å². The predicted molar refractivity (Wildman–Crippen MR) is 64.3 cm³/mol. The molecule has 0 radical (unpaired) electrons. The first kappa shape index (κ1) is 11.3. The summed E-state index contributed by atoms with van der Waals surface area (Å²) in [5.74, 6) is 1.02. The zero-order valence-electron chi connectivity index (χ0n) is 9.91. The molecule has 0 aliphatic heterocycles. The molecule has 1 aliphatic rings. The van der Waals surface area contributed by atoms with E-state index < -0.39 is 0 Å². The summed E-state index contributed by atoms with van der Waals surface area (Å²) in [7, 11) is 0. The number of aromatic nitrogens is 1. The Hall–Kier alpha value is -1.18. The summed E-state index contributed by atoms with van der Waals surface area (Å²) in [6.45, 7) is 2.11. The Morgan fingerprint density at radius 2 is 2.25 bits per heavy atom. The standard InChI is InChI=1S/C14H19NO/c1-2-11-6-7-13(15-10-11)9-14(16)8-12-4-3-5-12/h6-7,10,12H,2-5,8-9H2,1H3. The maximum atomic E-state index is 11.7. The van der Waals surface area contributed by atoms with Crippen molar-refractivity contribution >= 4 is 5.78 Å². The van der Waals surface area contributed by atoms with E-state index in [0.717, 1.165) is 18.5 Å². The van der Waals surface area contributed by atoms with Gasteiger partial charge in [0.05, 0.1) is 0 Å². The third kappa shape index (κ3) is 2.91. The molecule has 0 bridgehead atoms. The van der Waals surface area contributed by atoms with Gasteiger partial charge in [0.1, 0.15) is 5.78 Å². The lowest BCUT2D eigenvalue weighted by molar-refractivity contribution is -0.119. The monoisotopic (exact) mass is 217 g/mol. The van der Waals surface area contributed by atoms with Gasteiger partial charge in [0.15, 0.2) is 0 Å². The lowest BCUT2D eigenvalue weighted by Crippen LogP contribution is -2.17. The second-order valence-corrected chi connectivity index (χ2v) is 4.73. The molecule has 2 rings (SSSR count). The maximum Gasteiger partial charge on any atom is 0.139 e. The van der Waals surface area contributed by atoms with Gasteiger partial charge in [-0.3, -0.25) is 9.78 Å². The Labute approximate surface area is 97.1 Å². The zero-order chi connectivity index (χ0) is 11.4. The van der Waals surface area contributed by atoms with Crippen molar-refractivity contribution in [3.63, 3.8) is 0 Å². The molecular formula is C14H19NO. The number of hydrogen-bond donors (Lipinski definition) is 0. The van der Waals surface area contributed by atoms with Crippen LogP contribution in [0.3, 0.4) is 0 Å². The number of carbonyl (C=O) groups excluding carboxylic acids is 1. The molecule has 0 amide bonds. The fourth-order valence-electron chi connectivity index (χ4n) is 2.06. The van der Waals surface area contributed by atoms with Crippen molar-refractivity contribution < 1.29 is 4.79 Å². The summed E-state index contributed by atoms with van der Waals surface area (Å²) in [6, 6.07) is 4.05. The van der Waals surface area contributed by atoms with E-state index in [0.29, 0.717) is 18.1 Å². The number of aryl methyl sites for hydroxylation is 1. The van der Waals surface area contributed by atoms with E-state index in [1.807, 2.05) is 12.3 Å². The molecule has 2 heteroatoms. The number of rotatable bonds is 5. The van der Waals surface area contributed by atoms with Gasteiger partial charge in [0.2, 0.25) is 0 Å². The maximum absolute atomic E-state index is 11.7.